The van der Waals surface area contributed by atoms with Crippen molar-refractivity contribution in [3.8, 4) is 5.75 Å². The molecule has 6 nitrogen and oxygen atoms in total. The maximum Gasteiger partial charge on any atom is 0.312 e. The highest BCUT2D eigenvalue weighted by Gasteiger charge is 2.20. The lowest BCUT2D eigenvalue weighted by Gasteiger charge is -2.34. The van der Waals surface area contributed by atoms with E-state index < -0.39 is 0 Å². The van der Waals surface area contributed by atoms with Gasteiger partial charge in [-0.2, -0.15) is 0 Å². The van der Waals surface area contributed by atoms with Crippen LogP contribution in [0.25, 0.3) is 6.08 Å². The molecule has 1 aromatic carbocycles. The molecule has 27 heavy (non-hydrogen) atoms. The fraction of sp³-hybridized carbons (Fsp3) is 0.286. The van der Waals surface area contributed by atoms with Crippen LogP contribution in [0, 0.1) is 0 Å². The zero-order valence-corrected chi connectivity index (χ0v) is 15.2. The predicted octanol–water partition coefficient (Wildman–Crippen LogP) is 2.23. The van der Waals surface area contributed by atoms with Crippen LogP contribution in [0.2, 0.25) is 0 Å². The number of hydrogen-bond donors (Lipinski definition) is 0. The minimum atomic E-state index is -0.271. The van der Waals surface area contributed by atoms with Gasteiger partial charge in [0.15, 0.2) is 0 Å². The molecule has 0 radical (unpaired) electrons. The Balaban J connectivity index is 1.38. The number of amides is 1. The first-order chi connectivity index (χ1) is 13.2. The molecule has 0 N–H and O–H groups in total. The molecular formula is C21H23N3O3. The molecule has 0 saturated carbocycles. The standard InChI is InChI=1S/C21H23N3O3/c25-20(9-8-18-5-2-1-3-6-18)24-15-13-23(14-16-24)12-10-21(26)27-19-7-4-11-22-17-19/h1-9,11,17H,10,12-16H2. The normalized spacial score (nSPS) is 15.0. The maximum atomic E-state index is 12.3. The van der Waals surface area contributed by atoms with Gasteiger partial charge < -0.3 is 9.64 Å². The van der Waals surface area contributed by atoms with E-state index in [0.717, 1.165) is 18.7 Å². The second kappa shape index (κ2) is 9.64. The van der Waals surface area contributed by atoms with Gasteiger partial charge >= 0.3 is 5.97 Å². The summed E-state index contributed by atoms with van der Waals surface area (Å²) in [6.45, 7) is 3.46. The highest BCUT2D eigenvalue weighted by Crippen LogP contribution is 2.09. The molecule has 3 rings (SSSR count). The summed E-state index contributed by atoms with van der Waals surface area (Å²) in [5.41, 5.74) is 1.01. The molecule has 1 fully saturated rings. The minimum Gasteiger partial charge on any atom is -0.425 e. The van der Waals surface area contributed by atoms with Crippen molar-refractivity contribution in [2.45, 2.75) is 6.42 Å². The average Bonchev–Trinajstić information content (AvgIpc) is 2.72. The van der Waals surface area contributed by atoms with Crippen LogP contribution < -0.4 is 4.74 Å². The molecule has 6 heteroatoms. The average molecular weight is 365 g/mol. The number of carbonyl (C=O) groups excluding carboxylic acids is 2. The van der Waals surface area contributed by atoms with Crippen LogP contribution in [0.1, 0.15) is 12.0 Å². The van der Waals surface area contributed by atoms with Gasteiger partial charge in [0.05, 0.1) is 12.6 Å². The summed E-state index contributed by atoms with van der Waals surface area (Å²) in [5.74, 6) is 0.213. The van der Waals surface area contributed by atoms with Gasteiger partial charge in [0.25, 0.3) is 0 Å². The van der Waals surface area contributed by atoms with E-state index in [0.29, 0.717) is 31.8 Å². The van der Waals surface area contributed by atoms with Gasteiger partial charge in [0.2, 0.25) is 5.91 Å². The van der Waals surface area contributed by atoms with Gasteiger partial charge in [-0.1, -0.05) is 30.3 Å². The number of ether oxygens (including phenoxy) is 1. The van der Waals surface area contributed by atoms with Crippen LogP contribution >= 0.6 is 0 Å². The summed E-state index contributed by atoms with van der Waals surface area (Å²) in [7, 11) is 0. The molecule has 0 bridgehead atoms. The second-order valence-electron chi connectivity index (χ2n) is 6.32. The zero-order chi connectivity index (χ0) is 18.9. The van der Waals surface area contributed by atoms with Crippen LogP contribution in [0.5, 0.6) is 5.75 Å². The Bertz CT molecular complexity index is 770. The highest BCUT2D eigenvalue weighted by atomic mass is 16.5. The largest absolute Gasteiger partial charge is 0.425 e. The molecule has 0 aliphatic carbocycles. The van der Waals surface area contributed by atoms with Crippen molar-refractivity contribution in [3.05, 3.63) is 66.5 Å². The summed E-state index contributed by atoms with van der Waals surface area (Å²) >= 11 is 0. The monoisotopic (exact) mass is 365 g/mol. The van der Waals surface area contributed by atoms with Crippen molar-refractivity contribution < 1.29 is 14.3 Å². The third kappa shape index (κ3) is 6.04. The topological polar surface area (TPSA) is 62.7 Å². The van der Waals surface area contributed by atoms with Gasteiger partial charge in [-0.3, -0.25) is 19.5 Å². The summed E-state index contributed by atoms with van der Waals surface area (Å²) < 4.78 is 5.24. The summed E-state index contributed by atoms with van der Waals surface area (Å²) in [6, 6.07) is 13.2. The molecule has 1 aromatic heterocycles. The van der Waals surface area contributed by atoms with E-state index >= 15 is 0 Å². The molecule has 1 aliphatic heterocycles. The van der Waals surface area contributed by atoms with Gasteiger partial charge in [-0.25, -0.2) is 0 Å². The number of benzene rings is 1. The van der Waals surface area contributed by atoms with E-state index in [1.807, 2.05) is 41.3 Å². The molecule has 1 amide bonds. The number of aromatic nitrogens is 1. The molecule has 0 unspecified atom stereocenters. The number of carbonyl (C=O) groups is 2. The Morgan fingerprint density at radius 3 is 2.52 bits per heavy atom. The van der Waals surface area contributed by atoms with Crippen LogP contribution in [-0.4, -0.2) is 59.4 Å². The van der Waals surface area contributed by atoms with E-state index in [1.165, 1.54) is 6.20 Å². The van der Waals surface area contributed by atoms with Crippen molar-refractivity contribution in [2.75, 3.05) is 32.7 Å². The smallest absolute Gasteiger partial charge is 0.312 e. The predicted molar refractivity (Wildman–Crippen MR) is 103 cm³/mol. The Labute approximate surface area is 159 Å². The quantitative estimate of drug-likeness (QED) is 0.580. The molecular weight excluding hydrogens is 342 g/mol. The highest BCUT2D eigenvalue weighted by molar-refractivity contribution is 5.91. The fourth-order valence-electron chi connectivity index (χ4n) is 2.87. The van der Waals surface area contributed by atoms with Crippen molar-refractivity contribution >= 4 is 18.0 Å². The van der Waals surface area contributed by atoms with E-state index in [9.17, 15) is 9.59 Å². The first-order valence-corrected chi connectivity index (χ1v) is 9.06. The van der Waals surface area contributed by atoms with Crippen LogP contribution in [0.4, 0.5) is 0 Å². The summed E-state index contributed by atoms with van der Waals surface area (Å²) in [5, 5.41) is 0. The van der Waals surface area contributed by atoms with Crippen molar-refractivity contribution in [1.82, 2.24) is 14.8 Å². The van der Waals surface area contributed by atoms with E-state index in [-0.39, 0.29) is 11.9 Å². The number of nitrogens with zero attached hydrogens (tertiary/aromatic N) is 3. The summed E-state index contributed by atoms with van der Waals surface area (Å²) in [6.07, 6.45) is 6.93. The molecule has 1 saturated heterocycles. The summed E-state index contributed by atoms with van der Waals surface area (Å²) in [4.78, 5) is 32.1. The molecule has 2 heterocycles. The molecule has 0 atom stereocenters. The fourth-order valence-corrected chi connectivity index (χ4v) is 2.87. The molecule has 140 valence electrons. The van der Waals surface area contributed by atoms with Crippen LogP contribution in [-0.2, 0) is 9.59 Å². The maximum absolute atomic E-state index is 12.3. The van der Waals surface area contributed by atoms with Gasteiger partial charge in [0, 0.05) is 45.0 Å². The van der Waals surface area contributed by atoms with E-state index in [1.54, 1.807) is 24.4 Å². The number of pyridine rings is 1. The Morgan fingerprint density at radius 1 is 1.04 bits per heavy atom. The number of hydrogen-bond acceptors (Lipinski definition) is 5. The third-order valence-corrected chi connectivity index (χ3v) is 4.40. The van der Waals surface area contributed by atoms with Gasteiger partial charge in [-0.05, 0) is 23.8 Å². The minimum absolute atomic E-state index is 0.0227. The van der Waals surface area contributed by atoms with Gasteiger partial charge in [0.1, 0.15) is 5.75 Å². The van der Waals surface area contributed by atoms with Crippen LogP contribution in [0.3, 0.4) is 0 Å². The number of piperazine rings is 1. The molecule has 1 aliphatic rings. The molecule has 0 spiro atoms. The van der Waals surface area contributed by atoms with Crippen molar-refractivity contribution in [1.29, 1.82) is 0 Å². The Hall–Kier alpha value is -2.99. The lowest BCUT2D eigenvalue weighted by molar-refractivity contribution is -0.135. The lowest BCUT2D eigenvalue weighted by atomic mass is 10.2. The third-order valence-electron chi connectivity index (χ3n) is 4.40. The molecule has 2 aromatic rings. The SMILES string of the molecule is O=C(CCN1CCN(C(=O)C=Cc2ccccc2)CC1)Oc1cccnc1. The van der Waals surface area contributed by atoms with E-state index in [2.05, 4.69) is 9.88 Å². The lowest BCUT2D eigenvalue weighted by Crippen LogP contribution is -2.48. The van der Waals surface area contributed by atoms with Crippen LogP contribution in [0.15, 0.2) is 60.9 Å². The second-order valence-corrected chi connectivity index (χ2v) is 6.32. The zero-order valence-electron chi connectivity index (χ0n) is 15.2. The first kappa shape index (κ1) is 18.8. The van der Waals surface area contributed by atoms with E-state index in [4.69, 9.17) is 4.74 Å². The van der Waals surface area contributed by atoms with Crippen molar-refractivity contribution in [2.24, 2.45) is 0 Å². The Morgan fingerprint density at radius 2 is 1.81 bits per heavy atom. The van der Waals surface area contributed by atoms with Crippen molar-refractivity contribution in [3.63, 3.8) is 0 Å². The number of esters is 1. The first-order valence-electron chi connectivity index (χ1n) is 9.06. The Kier molecular flexibility index (Phi) is 6.71. The van der Waals surface area contributed by atoms with Gasteiger partial charge in [-0.15, -0.1) is 0 Å². The number of rotatable bonds is 6.